The van der Waals surface area contributed by atoms with Crippen molar-refractivity contribution in [3.05, 3.63) is 119 Å². The Hall–Kier alpha value is -3.92. The van der Waals surface area contributed by atoms with E-state index in [4.69, 9.17) is 0 Å². The molecular weight excluding hydrogens is 945 g/mol. The summed E-state index contributed by atoms with van der Waals surface area (Å²) in [4.78, 5) is 10.2. The lowest BCUT2D eigenvalue weighted by Crippen LogP contribution is -2.54. The van der Waals surface area contributed by atoms with Gasteiger partial charge in [0.25, 0.3) is 0 Å². The molecule has 4 nitrogen and oxygen atoms in total. The highest BCUT2D eigenvalue weighted by molar-refractivity contribution is 5.52. The van der Waals surface area contributed by atoms with Gasteiger partial charge in [0, 0.05) is 75.1 Å². The van der Waals surface area contributed by atoms with E-state index in [1.165, 1.54) is 104 Å². The zero-order chi connectivity index (χ0) is 56.1. The highest BCUT2D eigenvalue weighted by Gasteiger charge is 2.44. The van der Waals surface area contributed by atoms with Crippen LogP contribution in [-0.4, -0.2) is 52.4 Å². The van der Waals surface area contributed by atoms with Gasteiger partial charge < -0.3 is 19.6 Å². The molecule has 0 N–H and O–H groups in total. The van der Waals surface area contributed by atoms with Gasteiger partial charge >= 0.3 is 0 Å². The quantitative estimate of drug-likeness (QED) is 0.202. The minimum Gasteiger partial charge on any atom is -0.371 e. The molecule has 78 heavy (non-hydrogen) atoms. The fourth-order valence-corrected chi connectivity index (χ4v) is 12.9. The lowest BCUT2D eigenvalue weighted by molar-refractivity contribution is 0.0641. The van der Waals surface area contributed by atoms with Gasteiger partial charge in [-0.15, -0.1) is 0 Å². The van der Waals surface area contributed by atoms with E-state index in [0.29, 0.717) is 10.8 Å². The number of benzene rings is 4. The Morgan fingerprint density at radius 2 is 0.462 bits per heavy atom. The fraction of sp³-hybridized carbons (Fsp3) is 0.676. The van der Waals surface area contributed by atoms with Crippen molar-refractivity contribution in [1.82, 2.24) is 0 Å². The molecule has 0 aromatic heterocycles. The van der Waals surface area contributed by atoms with Crippen LogP contribution >= 0.6 is 0 Å². The van der Waals surface area contributed by atoms with Gasteiger partial charge in [-0.05, 0) is 164 Å². The number of rotatable bonds is 4. The summed E-state index contributed by atoms with van der Waals surface area (Å²) < 4.78 is 0. The molecule has 6 unspecified atom stereocenters. The Morgan fingerprint density at radius 3 is 0.628 bits per heavy atom. The SMILES string of the molecule is C.C.C.CC1C(C)(C)CN(c2ccc(C(C)(C)C)cc2)CC1(C)C.CC1CC(C)CN(c2ccc(C(C)(C)C)cc2)C1.CC1CC(C)CN(c2ccc(C(C)(C)C)cc2)C1.CC1CC(C)CN(c2ccc(C(C)(C)C)cc2)C1. The molecule has 0 bridgehead atoms. The van der Waals surface area contributed by atoms with E-state index >= 15 is 0 Å². The number of anilines is 4. The molecule has 4 aliphatic heterocycles. The first-order valence-electron chi connectivity index (χ1n) is 29.9. The number of piperidine rings is 4. The maximum absolute atomic E-state index is 2.58. The second-order valence-electron chi connectivity index (χ2n) is 30.8. The Labute approximate surface area is 486 Å². The van der Waals surface area contributed by atoms with Crippen molar-refractivity contribution < 1.29 is 0 Å². The molecule has 0 spiro atoms. The Morgan fingerprint density at radius 1 is 0.295 bits per heavy atom. The van der Waals surface area contributed by atoms with Crippen molar-refractivity contribution in [1.29, 1.82) is 0 Å². The number of hydrogen-bond acceptors (Lipinski definition) is 4. The molecule has 442 valence electrons. The minimum atomic E-state index is 0. The van der Waals surface area contributed by atoms with Crippen LogP contribution in [0.4, 0.5) is 22.7 Å². The van der Waals surface area contributed by atoms with E-state index in [2.05, 4.69) is 276 Å². The first-order valence-corrected chi connectivity index (χ1v) is 29.9. The van der Waals surface area contributed by atoms with Gasteiger partial charge in [-0.25, -0.2) is 0 Å². The third-order valence-corrected chi connectivity index (χ3v) is 17.5. The zero-order valence-corrected chi connectivity index (χ0v) is 52.8. The lowest BCUT2D eigenvalue weighted by atomic mass is 9.62. The van der Waals surface area contributed by atoms with Crippen LogP contribution in [0.2, 0.25) is 0 Å². The van der Waals surface area contributed by atoms with Gasteiger partial charge in [-0.1, -0.05) is 230 Å². The van der Waals surface area contributed by atoms with Crippen LogP contribution in [0.15, 0.2) is 97.1 Å². The predicted molar refractivity (Wildman–Crippen MR) is 355 cm³/mol. The molecular formula is C74H126N4. The number of hydrogen-bond donors (Lipinski definition) is 0. The van der Waals surface area contributed by atoms with Gasteiger partial charge in [-0.2, -0.15) is 0 Å². The average Bonchev–Trinajstić information content (AvgIpc) is 3.29. The van der Waals surface area contributed by atoms with Crippen molar-refractivity contribution in [2.75, 3.05) is 72.0 Å². The largest absolute Gasteiger partial charge is 0.371 e. The van der Waals surface area contributed by atoms with Crippen LogP contribution < -0.4 is 19.6 Å². The summed E-state index contributed by atoms with van der Waals surface area (Å²) in [7, 11) is 0. The Balaban J connectivity index is 0.000000352. The lowest BCUT2D eigenvalue weighted by Gasteiger charge is -2.53. The second kappa shape index (κ2) is 28.2. The summed E-state index contributed by atoms with van der Waals surface area (Å²) in [6.07, 6.45) is 4.11. The normalized spacial score (nSPS) is 23.5. The molecule has 4 aromatic carbocycles. The molecule has 0 amide bonds. The summed E-state index contributed by atoms with van der Waals surface area (Å²) in [5.74, 6) is 5.63. The fourth-order valence-electron chi connectivity index (χ4n) is 12.9. The zero-order valence-electron chi connectivity index (χ0n) is 52.8. The molecule has 4 heterocycles. The highest BCUT2D eigenvalue weighted by Crippen LogP contribution is 2.46. The molecule has 4 aromatic rings. The van der Waals surface area contributed by atoms with E-state index in [-0.39, 0.29) is 43.9 Å². The van der Waals surface area contributed by atoms with Gasteiger partial charge in [0.05, 0.1) is 0 Å². The maximum Gasteiger partial charge on any atom is 0.0366 e. The van der Waals surface area contributed by atoms with E-state index in [0.717, 1.165) is 54.5 Å². The van der Waals surface area contributed by atoms with Crippen LogP contribution in [0.5, 0.6) is 0 Å². The van der Waals surface area contributed by atoms with Crippen molar-refractivity contribution in [2.24, 2.45) is 52.3 Å². The van der Waals surface area contributed by atoms with Crippen LogP contribution in [0.25, 0.3) is 0 Å². The third-order valence-electron chi connectivity index (χ3n) is 17.5. The second-order valence-corrected chi connectivity index (χ2v) is 30.8. The van der Waals surface area contributed by atoms with Crippen LogP contribution in [0.3, 0.4) is 0 Å². The van der Waals surface area contributed by atoms with Crippen molar-refractivity contribution in [3.63, 3.8) is 0 Å². The molecule has 4 aliphatic rings. The smallest absolute Gasteiger partial charge is 0.0366 e. The topological polar surface area (TPSA) is 13.0 Å². The average molecular weight is 1070 g/mol. The number of nitrogens with zero attached hydrogens (tertiary/aromatic N) is 4. The van der Waals surface area contributed by atoms with Crippen molar-refractivity contribution in [3.8, 4) is 0 Å². The van der Waals surface area contributed by atoms with Gasteiger partial charge in [0.1, 0.15) is 0 Å². The van der Waals surface area contributed by atoms with Crippen LogP contribution in [-0.2, 0) is 21.7 Å². The summed E-state index contributed by atoms with van der Waals surface area (Å²) >= 11 is 0. The van der Waals surface area contributed by atoms with Gasteiger partial charge in [0.15, 0.2) is 0 Å². The van der Waals surface area contributed by atoms with E-state index < -0.39 is 0 Å². The van der Waals surface area contributed by atoms with Crippen molar-refractivity contribution >= 4 is 22.7 Å². The van der Waals surface area contributed by atoms with Crippen molar-refractivity contribution in [2.45, 2.75) is 222 Å². The monoisotopic (exact) mass is 1070 g/mol. The van der Waals surface area contributed by atoms with Crippen LogP contribution in [0, 0.1) is 52.3 Å². The summed E-state index contributed by atoms with van der Waals surface area (Å²) in [6.45, 7) is 63.1. The molecule has 0 radical (unpaired) electrons. The summed E-state index contributed by atoms with van der Waals surface area (Å²) in [6, 6.07) is 36.7. The molecule has 8 rings (SSSR count). The van der Waals surface area contributed by atoms with Gasteiger partial charge in [-0.3, -0.25) is 0 Å². The van der Waals surface area contributed by atoms with Gasteiger partial charge in [0.2, 0.25) is 0 Å². The Bertz CT molecular complexity index is 2070. The minimum absolute atomic E-state index is 0. The standard InChI is InChI=1S/C20H33N.3C17H27N.3CH4/c1-15-19(5,6)13-21(14-20(15,7)8)17-11-9-16(10-12-17)18(2,3)4;3*1-13-10-14(2)12-18(11-13)16-8-6-15(7-9-16)17(3,4)5;;;/h9-12,15H,13-14H2,1-8H3;3*6-9,13-14H,10-12H2,1-5H3;3*1H4. The first kappa shape index (κ1) is 70.2. The Kier molecular flexibility index (Phi) is 25.4. The molecule has 0 aliphatic carbocycles. The summed E-state index contributed by atoms with van der Waals surface area (Å²) in [5.41, 5.74) is 12.9. The first-order chi connectivity index (χ1) is 34.5. The van der Waals surface area contributed by atoms with Crippen LogP contribution in [0.1, 0.15) is 223 Å². The molecule has 4 fully saturated rings. The van der Waals surface area contributed by atoms with E-state index in [9.17, 15) is 0 Å². The molecule has 4 saturated heterocycles. The third kappa shape index (κ3) is 20.3. The molecule has 0 saturated carbocycles. The van der Waals surface area contributed by atoms with E-state index in [1.54, 1.807) is 0 Å². The van der Waals surface area contributed by atoms with E-state index in [1.807, 2.05) is 0 Å². The maximum atomic E-state index is 2.58. The molecule has 4 heteroatoms. The predicted octanol–water partition coefficient (Wildman–Crippen LogP) is 20.8. The molecule has 6 atom stereocenters. The highest BCUT2D eigenvalue weighted by atomic mass is 15.2. The summed E-state index contributed by atoms with van der Waals surface area (Å²) in [5, 5.41) is 0.